The van der Waals surface area contributed by atoms with Crippen LogP contribution in [0.1, 0.15) is 10.4 Å². The monoisotopic (exact) mass is 464 g/mol. The van der Waals surface area contributed by atoms with E-state index >= 15 is 0 Å². The molecule has 0 unspecified atom stereocenters. The molecule has 3 aromatic heterocycles. The maximum absolute atomic E-state index is 13.4. The summed E-state index contributed by atoms with van der Waals surface area (Å²) in [6.07, 6.45) is 2.92. The Balaban J connectivity index is 1.33. The van der Waals surface area contributed by atoms with Gasteiger partial charge in [-0.3, -0.25) is 9.69 Å². The van der Waals surface area contributed by atoms with Crippen LogP contribution in [0.4, 0.5) is 11.6 Å². The smallest absolute Gasteiger partial charge is 0.242 e. The number of nitrogens with two attached hydrogens (primary N) is 2. The van der Waals surface area contributed by atoms with Gasteiger partial charge in [-0.2, -0.15) is 0 Å². The minimum absolute atomic E-state index is 0.0471. The normalized spacial score (nSPS) is 17.3. The van der Waals surface area contributed by atoms with E-state index in [1.54, 1.807) is 18.4 Å². The summed E-state index contributed by atoms with van der Waals surface area (Å²) in [5.41, 5.74) is 14.5. The van der Waals surface area contributed by atoms with Crippen LogP contribution in [0.2, 0.25) is 0 Å². The van der Waals surface area contributed by atoms with Crippen molar-refractivity contribution in [2.75, 3.05) is 38.3 Å². The highest BCUT2D eigenvalue weighted by Gasteiger charge is 2.35. The Morgan fingerprint density at radius 1 is 1.03 bits per heavy atom. The lowest BCUT2D eigenvalue weighted by atomic mass is 10.1. The number of rotatable bonds is 6. The summed E-state index contributed by atoms with van der Waals surface area (Å²) in [6, 6.07) is 7.48. The number of ether oxygens (including phenoxy) is 1. The van der Waals surface area contributed by atoms with Gasteiger partial charge in [0.05, 0.1) is 22.3 Å². The molecule has 1 fully saturated rings. The van der Waals surface area contributed by atoms with E-state index in [0.717, 1.165) is 38.1 Å². The standard InChI is InChI=1S/C22H24N8O2S/c1-32-10-18-22(31)30(8-13-2-3-15-16(6-13)25-11-27-20(15)23)5-4-29(18)9-14-7-17-19(33-14)21(24)28-12-26-17/h2-3,6-7,11-12,18H,4-5,8-10H2,1H3,(H2,23,25,27)(H2,24,26,28)/t18-/m0/s1. The molecule has 33 heavy (non-hydrogen) atoms. The maximum atomic E-state index is 13.4. The van der Waals surface area contributed by atoms with Gasteiger partial charge in [0, 0.05) is 43.6 Å². The van der Waals surface area contributed by atoms with Gasteiger partial charge in [0.15, 0.2) is 0 Å². The second-order valence-electron chi connectivity index (χ2n) is 8.00. The highest BCUT2D eigenvalue weighted by Crippen LogP contribution is 2.29. The number of hydrogen-bond donors (Lipinski definition) is 2. The molecule has 1 aliphatic rings. The topological polar surface area (TPSA) is 136 Å². The number of fused-ring (bicyclic) bond motifs is 2. The quantitative estimate of drug-likeness (QED) is 0.436. The molecule has 10 nitrogen and oxygen atoms in total. The van der Waals surface area contributed by atoms with Crippen LogP contribution in [0.5, 0.6) is 0 Å². The zero-order valence-corrected chi connectivity index (χ0v) is 19.0. The molecule has 1 saturated heterocycles. The molecule has 0 saturated carbocycles. The third-order valence-corrected chi connectivity index (χ3v) is 7.00. The average Bonchev–Trinajstić information content (AvgIpc) is 3.22. The van der Waals surface area contributed by atoms with Crippen molar-refractivity contribution < 1.29 is 9.53 Å². The third kappa shape index (κ3) is 4.17. The molecule has 4 heterocycles. The number of nitrogens with zero attached hydrogens (tertiary/aromatic N) is 6. The summed E-state index contributed by atoms with van der Waals surface area (Å²) in [6.45, 7) is 2.80. The molecule has 170 valence electrons. The van der Waals surface area contributed by atoms with E-state index in [9.17, 15) is 4.79 Å². The molecule has 0 bridgehead atoms. The average molecular weight is 465 g/mol. The first-order valence-corrected chi connectivity index (χ1v) is 11.3. The molecule has 0 radical (unpaired) electrons. The van der Waals surface area contributed by atoms with Crippen molar-refractivity contribution in [1.82, 2.24) is 29.7 Å². The van der Waals surface area contributed by atoms with Crippen molar-refractivity contribution in [2.24, 2.45) is 0 Å². The Kier molecular flexibility index (Phi) is 5.75. The number of piperazine rings is 1. The molecular formula is C22H24N8O2S. The van der Waals surface area contributed by atoms with Crippen LogP contribution in [0.3, 0.4) is 0 Å². The summed E-state index contributed by atoms with van der Waals surface area (Å²) in [5, 5.41) is 0.809. The summed E-state index contributed by atoms with van der Waals surface area (Å²) in [5.74, 6) is 0.976. The molecule has 11 heteroatoms. The Morgan fingerprint density at radius 2 is 1.82 bits per heavy atom. The molecule has 1 aromatic carbocycles. The molecule has 1 aliphatic heterocycles. The van der Waals surface area contributed by atoms with Crippen LogP contribution in [0.15, 0.2) is 36.9 Å². The minimum Gasteiger partial charge on any atom is -0.383 e. The number of amides is 1. The van der Waals surface area contributed by atoms with Crippen molar-refractivity contribution in [2.45, 2.75) is 19.1 Å². The van der Waals surface area contributed by atoms with Crippen molar-refractivity contribution >= 4 is 50.0 Å². The largest absolute Gasteiger partial charge is 0.383 e. The number of benzene rings is 1. The van der Waals surface area contributed by atoms with Crippen LogP contribution >= 0.6 is 11.3 Å². The van der Waals surface area contributed by atoms with Crippen molar-refractivity contribution in [3.8, 4) is 0 Å². The first-order chi connectivity index (χ1) is 16.0. The number of thiophene rings is 1. The highest BCUT2D eigenvalue weighted by molar-refractivity contribution is 7.19. The van der Waals surface area contributed by atoms with Gasteiger partial charge in [-0.05, 0) is 23.8 Å². The van der Waals surface area contributed by atoms with E-state index in [1.165, 1.54) is 12.7 Å². The number of nitrogen functional groups attached to an aromatic ring is 2. The van der Waals surface area contributed by atoms with Crippen molar-refractivity contribution in [3.63, 3.8) is 0 Å². The Hall–Kier alpha value is -3.41. The first kappa shape index (κ1) is 21.4. The van der Waals surface area contributed by atoms with Crippen molar-refractivity contribution in [1.29, 1.82) is 0 Å². The molecule has 0 spiro atoms. The van der Waals surface area contributed by atoms with Crippen molar-refractivity contribution in [3.05, 3.63) is 47.4 Å². The van der Waals surface area contributed by atoms with Crippen LogP contribution in [0, 0.1) is 0 Å². The fourth-order valence-corrected chi connectivity index (χ4v) is 5.24. The highest BCUT2D eigenvalue weighted by atomic mass is 32.1. The van der Waals surface area contributed by atoms with Crippen LogP contribution in [-0.4, -0.2) is 68.5 Å². The Labute approximate surface area is 194 Å². The maximum Gasteiger partial charge on any atom is 0.242 e. The number of methoxy groups -OCH3 is 1. The molecule has 0 aliphatic carbocycles. The second-order valence-corrected chi connectivity index (χ2v) is 9.13. The summed E-state index contributed by atoms with van der Waals surface area (Å²) < 4.78 is 6.28. The van der Waals surface area contributed by atoms with E-state index < -0.39 is 0 Å². The molecule has 4 N–H and O–H groups in total. The molecule has 4 aromatic rings. The number of anilines is 2. The molecule has 5 rings (SSSR count). The van der Waals surface area contributed by atoms with Gasteiger partial charge in [-0.25, -0.2) is 19.9 Å². The number of aromatic nitrogens is 4. The fourth-order valence-electron chi connectivity index (χ4n) is 4.21. The molecular weight excluding hydrogens is 440 g/mol. The first-order valence-electron chi connectivity index (χ1n) is 10.5. The summed E-state index contributed by atoms with van der Waals surface area (Å²) >= 11 is 1.56. The van der Waals surface area contributed by atoms with Gasteiger partial charge in [0.1, 0.15) is 30.3 Å². The lowest BCUT2D eigenvalue weighted by Crippen LogP contribution is -2.57. The fraction of sp³-hybridized carbons (Fsp3) is 0.318. The van der Waals surface area contributed by atoms with Gasteiger partial charge in [0.2, 0.25) is 5.91 Å². The van der Waals surface area contributed by atoms with E-state index in [0.29, 0.717) is 37.9 Å². The third-order valence-electron chi connectivity index (χ3n) is 5.87. The molecule has 1 atom stereocenters. The van der Waals surface area contributed by atoms with Gasteiger partial charge in [0.25, 0.3) is 0 Å². The van der Waals surface area contributed by atoms with E-state index in [-0.39, 0.29) is 11.9 Å². The predicted octanol–water partition coefficient (Wildman–Crippen LogP) is 1.66. The zero-order chi connectivity index (χ0) is 22.9. The SMILES string of the molecule is COC[C@H]1C(=O)N(Cc2ccc3c(N)ncnc3c2)CCN1Cc1cc2ncnc(N)c2s1. The summed E-state index contributed by atoms with van der Waals surface area (Å²) in [4.78, 5) is 35.2. The van der Waals surface area contributed by atoms with Gasteiger partial charge >= 0.3 is 0 Å². The van der Waals surface area contributed by atoms with Gasteiger partial charge in [-0.1, -0.05) is 6.07 Å². The number of hydrogen-bond acceptors (Lipinski definition) is 10. The lowest BCUT2D eigenvalue weighted by molar-refractivity contribution is -0.145. The molecule has 1 amide bonds. The van der Waals surface area contributed by atoms with E-state index in [1.807, 2.05) is 29.2 Å². The van der Waals surface area contributed by atoms with Crippen LogP contribution < -0.4 is 11.5 Å². The Morgan fingerprint density at radius 3 is 2.61 bits per heavy atom. The van der Waals surface area contributed by atoms with Gasteiger partial charge < -0.3 is 21.1 Å². The van der Waals surface area contributed by atoms with Crippen LogP contribution in [0.25, 0.3) is 21.1 Å². The minimum atomic E-state index is -0.365. The van der Waals surface area contributed by atoms with Gasteiger partial charge in [-0.15, -0.1) is 11.3 Å². The lowest BCUT2D eigenvalue weighted by Gasteiger charge is -2.40. The van der Waals surface area contributed by atoms with E-state index in [2.05, 4.69) is 24.8 Å². The predicted molar refractivity (Wildman–Crippen MR) is 127 cm³/mol. The Bertz CT molecular complexity index is 1330. The zero-order valence-electron chi connectivity index (χ0n) is 18.1. The summed E-state index contributed by atoms with van der Waals surface area (Å²) in [7, 11) is 1.62. The number of carbonyl (C=O) groups excluding carboxylic acids is 1. The van der Waals surface area contributed by atoms with Crippen LogP contribution in [-0.2, 0) is 22.6 Å². The number of carbonyl (C=O) groups is 1. The van der Waals surface area contributed by atoms with E-state index in [4.69, 9.17) is 16.2 Å². The second kappa shape index (κ2) is 8.85.